The van der Waals surface area contributed by atoms with Crippen LogP contribution in [0.1, 0.15) is 27.9 Å². The van der Waals surface area contributed by atoms with Crippen LogP contribution in [0.5, 0.6) is 0 Å². The van der Waals surface area contributed by atoms with Gasteiger partial charge in [-0.1, -0.05) is 12.1 Å². The fraction of sp³-hybridized carbons (Fsp3) is 0.533. The molecule has 1 aliphatic heterocycles. The summed E-state index contributed by atoms with van der Waals surface area (Å²) in [6.45, 7) is 5.82. The highest BCUT2D eigenvalue weighted by Gasteiger charge is 2.25. The van der Waals surface area contributed by atoms with Crippen LogP contribution in [0.2, 0.25) is 0 Å². The van der Waals surface area contributed by atoms with E-state index in [1.54, 1.807) is 4.90 Å². The van der Waals surface area contributed by atoms with Crippen molar-refractivity contribution in [1.29, 1.82) is 0 Å². The maximum atomic E-state index is 12.6. The van der Waals surface area contributed by atoms with Gasteiger partial charge >= 0.3 is 0 Å². The van der Waals surface area contributed by atoms with Gasteiger partial charge in [-0.15, -0.1) is 0 Å². The molecule has 0 radical (unpaired) electrons. The van der Waals surface area contributed by atoms with Crippen LogP contribution in [0.15, 0.2) is 18.2 Å². The lowest BCUT2D eigenvalue weighted by Gasteiger charge is -2.22. The van der Waals surface area contributed by atoms with E-state index in [4.69, 9.17) is 0 Å². The summed E-state index contributed by atoms with van der Waals surface area (Å²) < 4.78 is 24.7. The molecule has 0 aliphatic carbocycles. The maximum absolute atomic E-state index is 12.6. The number of benzene rings is 1. The molecule has 1 aliphatic rings. The molecular formula is C15H22N2O3S. The maximum Gasteiger partial charge on any atom is 0.254 e. The monoisotopic (exact) mass is 310 g/mol. The number of sulfonamides is 1. The number of hydrogen-bond acceptors (Lipinski definition) is 3. The Kier molecular flexibility index (Phi) is 4.68. The second-order valence-corrected chi connectivity index (χ2v) is 7.54. The lowest BCUT2D eigenvalue weighted by Crippen LogP contribution is -2.37. The van der Waals surface area contributed by atoms with Crippen LogP contribution in [0, 0.1) is 13.8 Å². The third-order valence-electron chi connectivity index (χ3n) is 4.05. The molecule has 2 rings (SSSR count). The highest BCUT2D eigenvalue weighted by molar-refractivity contribution is 7.88. The van der Waals surface area contributed by atoms with Gasteiger partial charge in [-0.05, 0) is 37.5 Å². The molecule has 0 bridgehead atoms. The topological polar surface area (TPSA) is 57.7 Å². The zero-order valence-electron chi connectivity index (χ0n) is 12.8. The van der Waals surface area contributed by atoms with Gasteiger partial charge < -0.3 is 4.90 Å². The van der Waals surface area contributed by atoms with Gasteiger partial charge in [0, 0.05) is 31.7 Å². The van der Waals surface area contributed by atoms with Crippen molar-refractivity contribution >= 4 is 15.9 Å². The predicted molar refractivity (Wildman–Crippen MR) is 82.9 cm³/mol. The van der Waals surface area contributed by atoms with E-state index in [-0.39, 0.29) is 5.91 Å². The molecule has 1 aromatic carbocycles. The summed E-state index contributed by atoms with van der Waals surface area (Å²) in [7, 11) is -3.18. The van der Waals surface area contributed by atoms with Gasteiger partial charge in [0.25, 0.3) is 5.91 Å². The SMILES string of the molecule is Cc1cccc(C(=O)N2CCCN(S(C)(=O)=O)CC2)c1C. The van der Waals surface area contributed by atoms with Gasteiger partial charge in [-0.25, -0.2) is 12.7 Å². The normalized spacial score (nSPS) is 17.6. The first-order chi connectivity index (χ1) is 9.80. The smallest absolute Gasteiger partial charge is 0.254 e. The van der Waals surface area contributed by atoms with Crippen LogP contribution in [0.4, 0.5) is 0 Å². The summed E-state index contributed by atoms with van der Waals surface area (Å²) in [6, 6.07) is 5.71. The molecule has 0 saturated carbocycles. The summed E-state index contributed by atoms with van der Waals surface area (Å²) in [5.41, 5.74) is 2.79. The van der Waals surface area contributed by atoms with E-state index in [0.717, 1.165) is 11.1 Å². The Morgan fingerprint density at radius 1 is 1.10 bits per heavy atom. The third kappa shape index (κ3) is 3.63. The molecular weight excluding hydrogens is 288 g/mol. The fourth-order valence-corrected chi connectivity index (χ4v) is 3.46. The van der Waals surface area contributed by atoms with E-state index < -0.39 is 10.0 Å². The van der Waals surface area contributed by atoms with Crippen LogP contribution >= 0.6 is 0 Å². The zero-order chi connectivity index (χ0) is 15.6. The number of amides is 1. The molecule has 1 amide bonds. The van der Waals surface area contributed by atoms with Gasteiger partial charge in [0.15, 0.2) is 0 Å². The van der Waals surface area contributed by atoms with Crippen molar-refractivity contribution in [1.82, 2.24) is 9.21 Å². The summed E-state index contributed by atoms with van der Waals surface area (Å²) in [5, 5.41) is 0. The molecule has 0 N–H and O–H groups in total. The minimum absolute atomic E-state index is 0.00782. The van der Waals surface area contributed by atoms with Gasteiger partial charge in [0.05, 0.1) is 6.26 Å². The van der Waals surface area contributed by atoms with E-state index in [1.165, 1.54) is 10.6 Å². The second-order valence-electron chi connectivity index (χ2n) is 5.56. The number of rotatable bonds is 2. The van der Waals surface area contributed by atoms with E-state index >= 15 is 0 Å². The number of carbonyl (C=O) groups is 1. The first kappa shape index (κ1) is 16.0. The minimum atomic E-state index is -3.18. The van der Waals surface area contributed by atoms with Crippen LogP contribution < -0.4 is 0 Å². The zero-order valence-corrected chi connectivity index (χ0v) is 13.6. The highest BCUT2D eigenvalue weighted by Crippen LogP contribution is 2.16. The Morgan fingerprint density at radius 2 is 1.81 bits per heavy atom. The van der Waals surface area contributed by atoms with Crippen molar-refractivity contribution in [2.24, 2.45) is 0 Å². The number of hydrogen-bond donors (Lipinski definition) is 0. The first-order valence-corrected chi connectivity index (χ1v) is 8.96. The molecule has 1 aromatic rings. The van der Waals surface area contributed by atoms with Crippen LogP contribution in [0.25, 0.3) is 0 Å². The van der Waals surface area contributed by atoms with Crippen LogP contribution in [0.3, 0.4) is 0 Å². The number of carbonyl (C=O) groups excluding carboxylic acids is 1. The quantitative estimate of drug-likeness (QED) is 0.830. The van der Waals surface area contributed by atoms with E-state index in [2.05, 4.69) is 0 Å². The van der Waals surface area contributed by atoms with Crippen molar-refractivity contribution in [2.45, 2.75) is 20.3 Å². The Labute approximate surface area is 126 Å². The highest BCUT2D eigenvalue weighted by atomic mass is 32.2. The molecule has 21 heavy (non-hydrogen) atoms. The fourth-order valence-electron chi connectivity index (χ4n) is 2.58. The first-order valence-electron chi connectivity index (χ1n) is 7.11. The molecule has 6 heteroatoms. The lowest BCUT2D eigenvalue weighted by atomic mass is 10.0. The van der Waals surface area contributed by atoms with Gasteiger partial charge in [0.2, 0.25) is 10.0 Å². The summed E-state index contributed by atoms with van der Waals surface area (Å²) in [4.78, 5) is 14.4. The Balaban J connectivity index is 2.16. The molecule has 1 fully saturated rings. The number of nitrogens with zero attached hydrogens (tertiary/aromatic N) is 2. The van der Waals surface area contributed by atoms with E-state index in [9.17, 15) is 13.2 Å². The predicted octanol–water partition coefficient (Wildman–Crippen LogP) is 1.41. The molecule has 5 nitrogen and oxygen atoms in total. The average Bonchev–Trinajstić information content (AvgIpc) is 2.66. The van der Waals surface area contributed by atoms with Crippen molar-refractivity contribution < 1.29 is 13.2 Å². The molecule has 0 spiro atoms. The Hall–Kier alpha value is -1.40. The Bertz CT molecular complexity index is 640. The largest absolute Gasteiger partial charge is 0.337 e. The molecule has 116 valence electrons. The Morgan fingerprint density at radius 3 is 2.48 bits per heavy atom. The molecule has 0 unspecified atom stereocenters. The van der Waals surface area contributed by atoms with Crippen molar-refractivity contribution in [2.75, 3.05) is 32.4 Å². The summed E-state index contributed by atoms with van der Waals surface area (Å²) >= 11 is 0. The van der Waals surface area contributed by atoms with Gasteiger partial charge in [0.1, 0.15) is 0 Å². The summed E-state index contributed by atoms with van der Waals surface area (Å²) in [5.74, 6) is -0.00782. The summed E-state index contributed by atoms with van der Waals surface area (Å²) in [6.07, 6.45) is 1.89. The van der Waals surface area contributed by atoms with Crippen molar-refractivity contribution in [3.8, 4) is 0 Å². The van der Waals surface area contributed by atoms with Crippen molar-refractivity contribution in [3.63, 3.8) is 0 Å². The van der Waals surface area contributed by atoms with Gasteiger partial charge in [-0.3, -0.25) is 4.79 Å². The second kappa shape index (κ2) is 6.15. The van der Waals surface area contributed by atoms with E-state index in [1.807, 2.05) is 32.0 Å². The average molecular weight is 310 g/mol. The third-order valence-corrected chi connectivity index (χ3v) is 5.35. The standard InChI is InChI=1S/C15H22N2O3S/c1-12-6-4-7-14(13(12)2)15(18)16-8-5-9-17(11-10-16)21(3,19)20/h4,6-7H,5,8-11H2,1-3H3. The molecule has 1 saturated heterocycles. The molecule has 0 atom stereocenters. The molecule has 0 aromatic heterocycles. The van der Waals surface area contributed by atoms with Gasteiger partial charge in [-0.2, -0.15) is 0 Å². The minimum Gasteiger partial charge on any atom is -0.337 e. The van der Waals surface area contributed by atoms with Crippen LogP contribution in [-0.4, -0.2) is 56.0 Å². The lowest BCUT2D eigenvalue weighted by molar-refractivity contribution is 0.0763. The molecule has 1 heterocycles. The van der Waals surface area contributed by atoms with E-state index in [0.29, 0.717) is 38.2 Å². The number of aryl methyl sites for hydroxylation is 1. The van der Waals surface area contributed by atoms with Crippen LogP contribution in [-0.2, 0) is 10.0 Å². The van der Waals surface area contributed by atoms with Crippen molar-refractivity contribution in [3.05, 3.63) is 34.9 Å².